The molecule has 3 aromatic carbocycles. The summed E-state index contributed by atoms with van der Waals surface area (Å²) in [6.45, 7) is 3.93. The largest absolute Gasteiger partial charge is 0.350 e. The van der Waals surface area contributed by atoms with Gasteiger partial charge >= 0.3 is 0 Å². The van der Waals surface area contributed by atoms with Crippen LogP contribution in [0.2, 0.25) is 10.0 Å². The number of imide groups is 1. The smallest absolute Gasteiger partial charge is 0.283 e. The first-order valence-electron chi connectivity index (χ1n) is 9.51. The number of rotatable bonds is 5. The molecule has 1 heterocycles. The quantitative estimate of drug-likeness (QED) is 0.428. The number of carbonyl (C=O) groups is 2. The van der Waals surface area contributed by atoms with Crippen LogP contribution in [0, 0.1) is 13.8 Å². The van der Waals surface area contributed by atoms with Crippen LogP contribution < -0.4 is 10.2 Å². The molecule has 3 aromatic rings. The van der Waals surface area contributed by atoms with Crippen LogP contribution in [0.4, 0.5) is 11.4 Å². The first-order chi connectivity index (χ1) is 14.9. The number of benzene rings is 3. The molecular weight excluding hydrogens is 451 g/mol. The van der Waals surface area contributed by atoms with Gasteiger partial charge in [-0.25, -0.2) is 4.90 Å². The van der Waals surface area contributed by atoms with E-state index in [1.165, 1.54) is 11.8 Å². The summed E-state index contributed by atoms with van der Waals surface area (Å²) in [7, 11) is 0. The second-order valence-corrected chi connectivity index (χ2v) is 8.95. The van der Waals surface area contributed by atoms with E-state index in [1.54, 1.807) is 18.2 Å². The molecule has 0 aromatic heterocycles. The topological polar surface area (TPSA) is 49.4 Å². The Kier molecular flexibility index (Phi) is 6.10. The Morgan fingerprint density at radius 2 is 1.55 bits per heavy atom. The van der Waals surface area contributed by atoms with Crippen molar-refractivity contribution in [3.8, 4) is 0 Å². The molecule has 156 valence electrons. The van der Waals surface area contributed by atoms with Gasteiger partial charge in [0.15, 0.2) is 0 Å². The Morgan fingerprint density at radius 1 is 0.839 bits per heavy atom. The third-order valence-electron chi connectivity index (χ3n) is 4.86. The van der Waals surface area contributed by atoms with Crippen LogP contribution in [0.3, 0.4) is 0 Å². The Bertz CT molecular complexity index is 1220. The molecule has 0 saturated carbocycles. The van der Waals surface area contributed by atoms with E-state index in [0.717, 1.165) is 26.6 Å². The maximum Gasteiger partial charge on any atom is 0.283 e. The second kappa shape index (κ2) is 8.79. The molecule has 0 bridgehead atoms. The summed E-state index contributed by atoms with van der Waals surface area (Å²) in [5.41, 5.74) is 3.28. The SMILES string of the molecule is Cc1ccc(SC2=C(Nc3ccccc3C)C(=O)N(c3cccc(Cl)c3Cl)C2=O)cc1. The van der Waals surface area contributed by atoms with E-state index < -0.39 is 11.8 Å². The highest BCUT2D eigenvalue weighted by Gasteiger charge is 2.41. The molecule has 0 fully saturated rings. The van der Waals surface area contributed by atoms with Gasteiger partial charge < -0.3 is 5.32 Å². The summed E-state index contributed by atoms with van der Waals surface area (Å²) in [6, 6.07) is 20.2. The monoisotopic (exact) mass is 468 g/mol. The lowest BCUT2D eigenvalue weighted by molar-refractivity contribution is -0.120. The van der Waals surface area contributed by atoms with Crippen LogP contribution in [0.1, 0.15) is 11.1 Å². The van der Waals surface area contributed by atoms with E-state index in [0.29, 0.717) is 4.91 Å². The highest BCUT2D eigenvalue weighted by Crippen LogP contribution is 2.41. The van der Waals surface area contributed by atoms with Gasteiger partial charge in [-0.05, 0) is 49.7 Å². The van der Waals surface area contributed by atoms with Crippen LogP contribution in [-0.2, 0) is 9.59 Å². The molecule has 31 heavy (non-hydrogen) atoms. The zero-order valence-corrected chi connectivity index (χ0v) is 19.1. The summed E-state index contributed by atoms with van der Waals surface area (Å²) in [5.74, 6) is -0.928. The number of thioether (sulfide) groups is 1. The van der Waals surface area contributed by atoms with Crippen LogP contribution in [0.15, 0.2) is 82.2 Å². The minimum Gasteiger partial charge on any atom is -0.350 e. The third kappa shape index (κ3) is 4.22. The molecule has 1 aliphatic heterocycles. The number of anilines is 2. The predicted molar refractivity (Wildman–Crippen MR) is 128 cm³/mol. The fourth-order valence-electron chi connectivity index (χ4n) is 3.17. The molecule has 0 saturated heterocycles. The molecule has 0 aliphatic carbocycles. The molecule has 4 nitrogen and oxygen atoms in total. The highest BCUT2D eigenvalue weighted by molar-refractivity contribution is 8.04. The highest BCUT2D eigenvalue weighted by atomic mass is 35.5. The minimum absolute atomic E-state index is 0.155. The number of nitrogens with zero attached hydrogens (tertiary/aromatic N) is 1. The van der Waals surface area contributed by atoms with Crippen molar-refractivity contribution in [3.63, 3.8) is 0 Å². The zero-order valence-electron chi connectivity index (χ0n) is 16.8. The fraction of sp³-hybridized carbons (Fsp3) is 0.0833. The van der Waals surface area contributed by atoms with Gasteiger partial charge in [-0.15, -0.1) is 0 Å². The number of para-hydroxylation sites is 1. The first-order valence-corrected chi connectivity index (χ1v) is 11.1. The average Bonchev–Trinajstić information content (AvgIpc) is 2.97. The molecule has 1 aliphatic rings. The summed E-state index contributed by atoms with van der Waals surface area (Å²) in [6.07, 6.45) is 0. The number of amides is 2. The molecule has 0 unspecified atom stereocenters. The molecule has 0 atom stereocenters. The zero-order chi connectivity index (χ0) is 22.1. The minimum atomic E-state index is -0.480. The van der Waals surface area contributed by atoms with E-state index >= 15 is 0 Å². The molecule has 2 amide bonds. The lowest BCUT2D eigenvalue weighted by atomic mass is 10.2. The number of nitrogens with one attached hydrogen (secondary N) is 1. The van der Waals surface area contributed by atoms with Crippen molar-refractivity contribution in [3.05, 3.63) is 98.5 Å². The van der Waals surface area contributed by atoms with E-state index in [1.807, 2.05) is 62.4 Å². The normalized spacial score (nSPS) is 13.9. The van der Waals surface area contributed by atoms with Crippen molar-refractivity contribution in [1.82, 2.24) is 0 Å². The fourth-order valence-corrected chi connectivity index (χ4v) is 4.48. The second-order valence-electron chi connectivity index (χ2n) is 7.08. The van der Waals surface area contributed by atoms with Crippen molar-refractivity contribution in [2.24, 2.45) is 0 Å². The Morgan fingerprint density at radius 3 is 2.26 bits per heavy atom. The number of aryl methyl sites for hydroxylation is 2. The van der Waals surface area contributed by atoms with Gasteiger partial charge in [0.1, 0.15) is 10.6 Å². The average molecular weight is 469 g/mol. The molecular formula is C24H18Cl2N2O2S. The molecule has 1 N–H and O–H groups in total. The summed E-state index contributed by atoms with van der Waals surface area (Å²) in [5, 5.41) is 3.60. The molecule has 4 rings (SSSR count). The van der Waals surface area contributed by atoms with Crippen molar-refractivity contribution in [2.45, 2.75) is 18.7 Å². The van der Waals surface area contributed by atoms with E-state index in [-0.39, 0.29) is 21.4 Å². The molecule has 7 heteroatoms. The van der Waals surface area contributed by atoms with Gasteiger partial charge in [0.05, 0.1) is 15.7 Å². The van der Waals surface area contributed by atoms with Crippen LogP contribution in [0.25, 0.3) is 0 Å². The van der Waals surface area contributed by atoms with Gasteiger partial charge in [-0.2, -0.15) is 0 Å². The summed E-state index contributed by atoms with van der Waals surface area (Å²) in [4.78, 5) is 29.1. The maximum atomic E-state index is 13.4. The van der Waals surface area contributed by atoms with E-state index in [9.17, 15) is 9.59 Å². The number of halogens is 2. The summed E-state index contributed by atoms with van der Waals surface area (Å²) < 4.78 is 0. The van der Waals surface area contributed by atoms with Crippen molar-refractivity contribution in [1.29, 1.82) is 0 Å². The number of hydrogen-bond donors (Lipinski definition) is 1. The third-order valence-corrected chi connectivity index (χ3v) is 6.76. The van der Waals surface area contributed by atoms with Gasteiger partial charge in [0, 0.05) is 10.6 Å². The van der Waals surface area contributed by atoms with Gasteiger partial charge in [-0.1, -0.05) is 76.9 Å². The first kappa shape index (κ1) is 21.5. The predicted octanol–water partition coefficient (Wildman–Crippen LogP) is 6.60. The van der Waals surface area contributed by atoms with Crippen LogP contribution in [-0.4, -0.2) is 11.8 Å². The van der Waals surface area contributed by atoms with Crippen LogP contribution >= 0.6 is 35.0 Å². The summed E-state index contributed by atoms with van der Waals surface area (Å²) >= 11 is 13.7. The lowest BCUT2D eigenvalue weighted by Crippen LogP contribution is -2.32. The van der Waals surface area contributed by atoms with Crippen molar-refractivity contribution < 1.29 is 9.59 Å². The van der Waals surface area contributed by atoms with Crippen molar-refractivity contribution >= 4 is 58.2 Å². The van der Waals surface area contributed by atoms with Crippen molar-refractivity contribution in [2.75, 3.05) is 10.2 Å². The number of hydrogen-bond acceptors (Lipinski definition) is 4. The Labute approximate surface area is 194 Å². The molecule has 0 radical (unpaired) electrons. The standard InChI is InChI=1S/C24H18Cl2N2O2S/c1-14-10-12-16(13-11-14)31-22-21(27-18-8-4-3-6-15(18)2)23(29)28(24(22)30)19-9-5-7-17(25)20(19)26/h3-13,27H,1-2H3. The van der Waals surface area contributed by atoms with Gasteiger partial charge in [0.2, 0.25) is 0 Å². The van der Waals surface area contributed by atoms with E-state index in [2.05, 4.69) is 5.32 Å². The Balaban J connectivity index is 1.79. The van der Waals surface area contributed by atoms with Gasteiger partial charge in [-0.3, -0.25) is 9.59 Å². The molecule has 0 spiro atoms. The number of carbonyl (C=O) groups excluding carboxylic acids is 2. The Hall–Kier alpha value is -2.73. The maximum absolute atomic E-state index is 13.4. The van der Waals surface area contributed by atoms with E-state index in [4.69, 9.17) is 23.2 Å². The van der Waals surface area contributed by atoms with Crippen LogP contribution in [0.5, 0.6) is 0 Å². The van der Waals surface area contributed by atoms with Gasteiger partial charge in [0.25, 0.3) is 11.8 Å². The lowest BCUT2D eigenvalue weighted by Gasteiger charge is -2.17.